The number of amides is 1. The molecule has 0 atom stereocenters. The van der Waals surface area contributed by atoms with Crippen molar-refractivity contribution in [1.29, 1.82) is 0 Å². The molecule has 5 nitrogen and oxygen atoms in total. The molecule has 1 heterocycles. The van der Waals surface area contributed by atoms with Crippen molar-refractivity contribution in [3.63, 3.8) is 0 Å². The normalized spacial score (nSPS) is 11.1. The van der Waals surface area contributed by atoms with Crippen molar-refractivity contribution in [1.82, 2.24) is 9.55 Å². The van der Waals surface area contributed by atoms with Gasteiger partial charge in [0.2, 0.25) is 5.91 Å². The first-order chi connectivity index (χ1) is 15.0. The number of hydrogen-bond donors (Lipinski definition) is 0. The summed E-state index contributed by atoms with van der Waals surface area (Å²) < 4.78 is 7.85. The maximum Gasteiger partial charge on any atom is 0.247 e. The first kappa shape index (κ1) is 20.9. The van der Waals surface area contributed by atoms with Crippen molar-refractivity contribution in [3.05, 3.63) is 89.7 Å². The van der Waals surface area contributed by atoms with E-state index in [4.69, 9.17) is 21.3 Å². The van der Waals surface area contributed by atoms with Gasteiger partial charge >= 0.3 is 0 Å². The SMILES string of the molecule is CC(C)N(C(=O)Cn1c(COc2ccccc2Cl)nc2ccccc21)c1ccccc1. The van der Waals surface area contributed by atoms with Crippen LogP contribution in [-0.4, -0.2) is 21.5 Å². The number of ether oxygens (including phenoxy) is 1. The fourth-order valence-corrected chi connectivity index (χ4v) is 3.84. The molecule has 0 unspecified atom stereocenters. The highest BCUT2D eigenvalue weighted by atomic mass is 35.5. The number of hydrogen-bond acceptors (Lipinski definition) is 3. The first-order valence-corrected chi connectivity index (χ1v) is 10.6. The zero-order valence-corrected chi connectivity index (χ0v) is 18.3. The molecule has 0 saturated heterocycles. The van der Waals surface area contributed by atoms with Crippen LogP contribution in [0.3, 0.4) is 0 Å². The summed E-state index contributed by atoms with van der Waals surface area (Å²) in [6.45, 7) is 4.39. The van der Waals surface area contributed by atoms with Crippen LogP contribution in [0, 0.1) is 0 Å². The van der Waals surface area contributed by atoms with Gasteiger partial charge in [0.15, 0.2) is 0 Å². The molecule has 0 aliphatic carbocycles. The van der Waals surface area contributed by atoms with Crippen LogP contribution in [-0.2, 0) is 17.9 Å². The Hall–Kier alpha value is -3.31. The number of halogens is 1. The molecule has 0 spiro atoms. The summed E-state index contributed by atoms with van der Waals surface area (Å²) in [5.74, 6) is 1.25. The predicted molar refractivity (Wildman–Crippen MR) is 125 cm³/mol. The van der Waals surface area contributed by atoms with Crippen molar-refractivity contribution in [2.75, 3.05) is 4.90 Å². The molecule has 1 amide bonds. The van der Waals surface area contributed by atoms with E-state index in [0.29, 0.717) is 16.6 Å². The van der Waals surface area contributed by atoms with Crippen LogP contribution in [0.5, 0.6) is 5.75 Å². The van der Waals surface area contributed by atoms with Gasteiger partial charge in [-0.1, -0.05) is 54.1 Å². The molecule has 158 valence electrons. The van der Waals surface area contributed by atoms with E-state index in [0.717, 1.165) is 16.7 Å². The van der Waals surface area contributed by atoms with Gasteiger partial charge in [-0.2, -0.15) is 0 Å². The highest BCUT2D eigenvalue weighted by molar-refractivity contribution is 6.32. The Morgan fingerprint density at radius 3 is 2.42 bits per heavy atom. The lowest BCUT2D eigenvalue weighted by atomic mass is 10.2. The number of carbonyl (C=O) groups excluding carboxylic acids is 1. The van der Waals surface area contributed by atoms with Gasteiger partial charge in [0.1, 0.15) is 24.7 Å². The number of rotatable bonds is 7. The van der Waals surface area contributed by atoms with Crippen LogP contribution in [0.15, 0.2) is 78.9 Å². The topological polar surface area (TPSA) is 47.4 Å². The molecule has 0 bridgehead atoms. The molecule has 0 radical (unpaired) electrons. The van der Waals surface area contributed by atoms with Crippen LogP contribution >= 0.6 is 11.6 Å². The van der Waals surface area contributed by atoms with Crippen LogP contribution in [0.4, 0.5) is 5.69 Å². The van der Waals surface area contributed by atoms with Gasteiger partial charge in [0, 0.05) is 11.7 Å². The summed E-state index contributed by atoms with van der Waals surface area (Å²) in [6.07, 6.45) is 0. The van der Waals surface area contributed by atoms with E-state index in [1.807, 2.05) is 96.1 Å². The third kappa shape index (κ3) is 4.57. The molecule has 0 N–H and O–H groups in total. The van der Waals surface area contributed by atoms with Gasteiger partial charge in [-0.25, -0.2) is 4.98 Å². The number of para-hydroxylation sites is 4. The lowest BCUT2D eigenvalue weighted by Crippen LogP contribution is -2.39. The lowest BCUT2D eigenvalue weighted by molar-refractivity contribution is -0.119. The fraction of sp³-hybridized carbons (Fsp3) is 0.200. The van der Waals surface area contributed by atoms with Crippen molar-refractivity contribution in [2.24, 2.45) is 0 Å². The van der Waals surface area contributed by atoms with Crippen molar-refractivity contribution < 1.29 is 9.53 Å². The average Bonchev–Trinajstić information content (AvgIpc) is 3.11. The minimum atomic E-state index is -0.0108. The molecule has 4 aromatic rings. The number of nitrogens with zero attached hydrogens (tertiary/aromatic N) is 3. The van der Waals surface area contributed by atoms with E-state index in [-0.39, 0.29) is 25.1 Å². The zero-order valence-electron chi connectivity index (χ0n) is 17.5. The molecule has 4 rings (SSSR count). The average molecular weight is 434 g/mol. The van der Waals surface area contributed by atoms with E-state index < -0.39 is 0 Å². The second-order valence-electron chi connectivity index (χ2n) is 7.52. The van der Waals surface area contributed by atoms with Crippen LogP contribution in [0.25, 0.3) is 11.0 Å². The Balaban J connectivity index is 1.65. The van der Waals surface area contributed by atoms with Crippen LogP contribution in [0.1, 0.15) is 19.7 Å². The smallest absolute Gasteiger partial charge is 0.247 e. The molecular weight excluding hydrogens is 410 g/mol. The second-order valence-corrected chi connectivity index (χ2v) is 7.92. The van der Waals surface area contributed by atoms with E-state index in [2.05, 4.69) is 0 Å². The van der Waals surface area contributed by atoms with E-state index >= 15 is 0 Å². The lowest BCUT2D eigenvalue weighted by Gasteiger charge is -2.27. The third-order valence-corrected chi connectivity index (χ3v) is 5.35. The molecule has 31 heavy (non-hydrogen) atoms. The maximum atomic E-state index is 13.4. The summed E-state index contributed by atoms with van der Waals surface area (Å²) in [5.41, 5.74) is 2.59. The Bertz CT molecular complexity index is 1190. The monoisotopic (exact) mass is 433 g/mol. The van der Waals surface area contributed by atoms with Crippen LogP contribution in [0.2, 0.25) is 5.02 Å². The standard InChI is InChI=1S/C25H24ClN3O2/c1-18(2)29(19-10-4-3-5-11-19)25(30)16-28-22-14-8-7-13-21(22)27-24(28)17-31-23-15-9-6-12-20(23)26/h3-15,18H,16-17H2,1-2H3. The van der Waals surface area contributed by atoms with Gasteiger partial charge < -0.3 is 14.2 Å². The number of fused-ring (bicyclic) bond motifs is 1. The van der Waals surface area contributed by atoms with Gasteiger partial charge in [0.05, 0.1) is 16.1 Å². The summed E-state index contributed by atoms with van der Waals surface area (Å²) in [5, 5.41) is 0.538. The Morgan fingerprint density at radius 2 is 1.68 bits per heavy atom. The second kappa shape index (κ2) is 9.23. The minimum Gasteiger partial charge on any atom is -0.484 e. The number of benzene rings is 3. The van der Waals surface area contributed by atoms with E-state index in [9.17, 15) is 4.79 Å². The summed E-state index contributed by atoms with van der Waals surface area (Å²) >= 11 is 6.22. The van der Waals surface area contributed by atoms with E-state index in [1.54, 1.807) is 6.07 Å². The van der Waals surface area contributed by atoms with Crippen molar-refractivity contribution >= 4 is 34.2 Å². The van der Waals surface area contributed by atoms with Gasteiger partial charge in [-0.05, 0) is 50.2 Å². The number of anilines is 1. The first-order valence-electron chi connectivity index (χ1n) is 10.2. The quantitative estimate of drug-likeness (QED) is 0.375. The molecule has 0 saturated carbocycles. The van der Waals surface area contributed by atoms with Gasteiger partial charge in [-0.3, -0.25) is 4.79 Å². The predicted octanol–water partition coefficient (Wildman–Crippen LogP) is 5.71. The summed E-state index contributed by atoms with van der Waals surface area (Å²) in [4.78, 5) is 19.9. The van der Waals surface area contributed by atoms with Crippen molar-refractivity contribution in [3.8, 4) is 5.75 Å². The number of carbonyl (C=O) groups is 1. The zero-order chi connectivity index (χ0) is 21.8. The third-order valence-electron chi connectivity index (χ3n) is 5.04. The molecular formula is C25H24ClN3O2. The van der Waals surface area contributed by atoms with Gasteiger partial charge in [0.25, 0.3) is 0 Å². The highest BCUT2D eigenvalue weighted by Gasteiger charge is 2.22. The molecule has 0 aliphatic heterocycles. The molecule has 6 heteroatoms. The number of imidazole rings is 1. The molecule has 1 aromatic heterocycles. The Morgan fingerprint density at radius 1 is 1.00 bits per heavy atom. The Kier molecular flexibility index (Phi) is 6.23. The van der Waals surface area contributed by atoms with Gasteiger partial charge in [-0.15, -0.1) is 0 Å². The number of aromatic nitrogens is 2. The highest BCUT2D eigenvalue weighted by Crippen LogP contribution is 2.25. The van der Waals surface area contributed by atoms with Crippen molar-refractivity contribution in [2.45, 2.75) is 33.0 Å². The minimum absolute atomic E-state index is 0.0108. The van der Waals surface area contributed by atoms with E-state index in [1.165, 1.54) is 0 Å². The molecule has 3 aromatic carbocycles. The molecule has 0 fully saturated rings. The Labute approximate surface area is 186 Å². The summed E-state index contributed by atoms with van der Waals surface area (Å²) in [6, 6.07) is 24.8. The summed E-state index contributed by atoms with van der Waals surface area (Å²) in [7, 11) is 0. The largest absolute Gasteiger partial charge is 0.484 e. The molecule has 0 aliphatic rings. The van der Waals surface area contributed by atoms with Crippen LogP contribution < -0.4 is 9.64 Å². The maximum absolute atomic E-state index is 13.4. The fourth-order valence-electron chi connectivity index (χ4n) is 3.65.